The number of rotatable bonds is 4. The molecule has 1 aromatic rings. The molecule has 1 aromatic carbocycles. The van der Waals surface area contributed by atoms with Crippen molar-refractivity contribution in [2.75, 3.05) is 18.6 Å². The van der Waals surface area contributed by atoms with E-state index < -0.39 is 15.9 Å². The maximum absolute atomic E-state index is 11.3. The summed E-state index contributed by atoms with van der Waals surface area (Å²) in [6.45, 7) is 0.508. The number of ether oxygens (including phenoxy) is 1. The largest absolute Gasteiger partial charge is 0.497 e. The van der Waals surface area contributed by atoms with Crippen LogP contribution in [0.15, 0.2) is 24.3 Å². The maximum atomic E-state index is 11.3. The summed E-state index contributed by atoms with van der Waals surface area (Å²) in [5.74, 6) is 0.606. The van der Waals surface area contributed by atoms with Crippen LogP contribution < -0.4 is 10.1 Å². The molecule has 100 valence electrons. The third-order valence-corrected chi connectivity index (χ3v) is 4.74. The highest BCUT2D eigenvalue weighted by Gasteiger charge is 2.35. The second-order valence-electron chi connectivity index (χ2n) is 4.48. The molecule has 2 atom stereocenters. The SMILES string of the molecule is COc1cccc(CN[C@H]2CS(=O)(=O)C[C@H]2O)c1. The Morgan fingerprint density at radius 3 is 2.83 bits per heavy atom. The second-order valence-corrected chi connectivity index (χ2v) is 6.64. The van der Waals surface area contributed by atoms with E-state index in [-0.39, 0.29) is 17.5 Å². The number of hydrogen-bond acceptors (Lipinski definition) is 5. The van der Waals surface area contributed by atoms with Gasteiger partial charge in [0, 0.05) is 12.6 Å². The number of methoxy groups -OCH3 is 1. The minimum Gasteiger partial charge on any atom is -0.497 e. The lowest BCUT2D eigenvalue weighted by atomic mass is 10.1. The molecule has 6 heteroatoms. The first kappa shape index (κ1) is 13.3. The van der Waals surface area contributed by atoms with Crippen molar-refractivity contribution in [2.24, 2.45) is 0 Å². The fourth-order valence-corrected chi connectivity index (χ4v) is 3.83. The van der Waals surface area contributed by atoms with Crippen molar-refractivity contribution < 1.29 is 18.3 Å². The quantitative estimate of drug-likeness (QED) is 0.802. The molecule has 0 aromatic heterocycles. The normalized spacial score (nSPS) is 26.1. The van der Waals surface area contributed by atoms with Gasteiger partial charge in [0.25, 0.3) is 0 Å². The van der Waals surface area contributed by atoms with Crippen LogP contribution in [0.1, 0.15) is 5.56 Å². The molecule has 2 N–H and O–H groups in total. The van der Waals surface area contributed by atoms with E-state index in [9.17, 15) is 13.5 Å². The zero-order valence-corrected chi connectivity index (χ0v) is 11.0. The molecule has 1 fully saturated rings. The van der Waals surface area contributed by atoms with Crippen molar-refractivity contribution in [1.82, 2.24) is 5.32 Å². The molecule has 0 aliphatic carbocycles. The molecule has 18 heavy (non-hydrogen) atoms. The molecule has 0 spiro atoms. The lowest BCUT2D eigenvalue weighted by Gasteiger charge is -2.15. The van der Waals surface area contributed by atoms with E-state index in [1.807, 2.05) is 24.3 Å². The average Bonchev–Trinajstić information content (AvgIpc) is 2.60. The third-order valence-electron chi connectivity index (χ3n) is 3.03. The van der Waals surface area contributed by atoms with Crippen LogP contribution in [-0.2, 0) is 16.4 Å². The van der Waals surface area contributed by atoms with Crippen molar-refractivity contribution >= 4 is 9.84 Å². The van der Waals surface area contributed by atoms with Crippen LogP contribution in [0.25, 0.3) is 0 Å². The van der Waals surface area contributed by atoms with Crippen molar-refractivity contribution in [1.29, 1.82) is 0 Å². The second kappa shape index (κ2) is 5.26. The molecule has 0 radical (unpaired) electrons. The molecule has 0 amide bonds. The Labute approximate surface area is 107 Å². The fraction of sp³-hybridized carbons (Fsp3) is 0.500. The number of aliphatic hydroxyl groups is 1. The summed E-state index contributed by atoms with van der Waals surface area (Å²) in [6.07, 6.45) is -0.819. The van der Waals surface area contributed by atoms with Gasteiger partial charge in [0.15, 0.2) is 9.84 Å². The highest BCUT2D eigenvalue weighted by Crippen LogP contribution is 2.15. The number of hydrogen-bond donors (Lipinski definition) is 2. The molecular formula is C12H17NO4S. The van der Waals surface area contributed by atoms with Gasteiger partial charge in [0.1, 0.15) is 5.75 Å². The average molecular weight is 271 g/mol. The summed E-state index contributed by atoms with van der Waals surface area (Å²) in [5, 5.41) is 12.7. The van der Waals surface area contributed by atoms with Crippen molar-refractivity contribution in [3.8, 4) is 5.75 Å². The topological polar surface area (TPSA) is 75.6 Å². The maximum Gasteiger partial charge on any atom is 0.154 e. The number of sulfone groups is 1. The molecule has 1 aliphatic rings. The molecule has 2 rings (SSSR count). The van der Waals surface area contributed by atoms with Crippen LogP contribution in [0.2, 0.25) is 0 Å². The van der Waals surface area contributed by atoms with Crippen LogP contribution in [0.3, 0.4) is 0 Å². The lowest BCUT2D eigenvalue weighted by molar-refractivity contribution is 0.165. The smallest absolute Gasteiger partial charge is 0.154 e. The molecular weight excluding hydrogens is 254 g/mol. The van der Waals surface area contributed by atoms with Crippen molar-refractivity contribution in [2.45, 2.75) is 18.7 Å². The lowest BCUT2D eigenvalue weighted by Crippen LogP contribution is -2.38. The van der Waals surface area contributed by atoms with Crippen LogP contribution in [-0.4, -0.2) is 44.3 Å². The zero-order valence-electron chi connectivity index (χ0n) is 10.2. The predicted octanol–water partition coefficient (Wildman–Crippen LogP) is -0.0573. The van der Waals surface area contributed by atoms with Gasteiger partial charge in [-0.05, 0) is 17.7 Å². The summed E-state index contributed by atoms with van der Waals surface area (Å²) in [4.78, 5) is 0. The number of benzene rings is 1. The van der Waals surface area contributed by atoms with Gasteiger partial charge in [-0.3, -0.25) is 0 Å². The summed E-state index contributed by atoms with van der Waals surface area (Å²) >= 11 is 0. The standard InChI is InChI=1S/C12H17NO4S/c1-17-10-4-2-3-9(5-10)6-13-11-7-18(15,16)8-12(11)14/h2-5,11-14H,6-8H2,1H3/t11-,12+/m0/s1. The van der Waals surface area contributed by atoms with E-state index in [2.05, 4.69) is 5.32 Å². The summed E-state index contributed by atoms with van der Waals surface area (Å²) in [6, 6.07) is 7.13. The van der Waals surface area contributed by atoms with Gasteiger partial charge in [-0.25, -0.2) is 8.42 Å². The monoisotopic (exact) mass is 271 g/mol. The van der Waals surface area contributed by atoms with Gasteiger partial charge in [-0.1, -0.05) is 12.1 Å². The van der Waals surface area contributed by atoms with Crippen LogP contribution >= 0.6 is 0 Å². The van der Waals surface area contributed by atoms with E-state index in [0.29, 0.717) is 6.54 Å². The van der Waals surface area contributed by atoms with Gasteiger partial charge in [-0.15, -0.1) is 0 Å². The molecule has 0 saturated carbocycles. The van der Waals surface area contributed by atoms with E-state index in [0.717, 1.165) is 11.3 Å². The van der Waals surface area contributed by atoms with Crippen molar-refractivity contribution in [3.05, 3.63) is 29.8 Å². The third kappa shape index (κ3) is 3.22. The minimum absolute atomic E-state index is 0.00185. The number of nitrogens with one attached hydrogen (secondary N) is 1. The molecule has 0 unspecified atom stereocenters. The van der Waals surface area contributed by atoms with E-state index in [1.165, 1.54) is 0 Å². The Bertz CT molecular complexity index is 515. The van der Waals surface area contributed by atoms with Gasteiger partial charge in [0.05, 0.1) is 24.7 Å². The summed E-state index contributed by atoms with van der Waals surface area (Å²) in [7, 11) is -1.50. The Morgan fingerprint density at radius 2 is 2.22 bits per heavy atom. The Hall–Kier alpha value is -1.11. The Morgan fingerprint density at radius 1 is 1.44 bits per heavy atom. The van der Waals surface area contributed by atoms with Gasteiger partial charge in [-0.2, -0.15) is 0 Å². The fourth-order valence-electron chi connectivity index (χ4n) is 2.06. The van der Waals surface area contributed by atoms with Gasteiger partial charge in [0.2, 0.25) is 0 Å². The molecule has 0 bridgehead atoms. The van der Waals surface area contributed by atoms with E-state index >= 15 is 0 Å². The summed E-state index contributed by atoms with van der Waals surface area (Å²) in [5.41, 5.74) is 0.992. The molecule has 1 saturated heterocycles. The Kier molecular flexibility index (Phi) is 3.89. The summed E-state index contributed by atoms with van der Waals surface area (Å²) < 4.78 is 27.8. The highest BCUT2D eigenvalue weighted by molar-refractivity contribution is 7.91. The molecule has 1 heterocycles. The first-order chi connectivity index (χ1) is 8.50. The highest BCUT2D eigenvalue weighted by atomic mass is 32.2. The van der Waals surface area contributed by atoms with Crippen molar-refractivity contribution in [3.63, 3.8) is 0 Å². The molecule has 5 nitrogen and oxygen atoms in total. The minimum atomic E-state index is -3.10. The van der Waals surface area contributed by atoms with E-state index in [4.69, 9.17) is 4.74 Å². The van der Waals surface area contributed by atoms with Crippen LogP contribution in [0.5, 0.6) is 5.75 Å². The zero-order chi connectivity index (χ0) is 13.2. The van der Waals surface area contributed by atoms with Gasteiger partial charge >= 0.3 is 0 Å². The van der Waals surface area contributed by atoms with Gasteiger partial charge < -0.3 is 15.2 Å². The van der Waals surface area contributed by atoms with E-state index in [1.54, 1.807) is 7.11 Å². The Balaban J connectivity index is 1.95. The predicted molar refractivity (Wildman–Crippen MR) is 68.3 cm³/mol. The van der Waals surface area contributed by atoms with Crippen LogP contribution in [0.4, 0.5) is 0 Å². The number of aliphatic hydroxyl groups excluding tert-OH is 1. The molecule has 1 aliphatic heterocycles. The first-order valence-corrected chi connectivity index (χ1v) is 7.57. The van der Waals surface area contributed by atoms with Crippen LogP contribution in [0, 0.1) is 0 Å². The first-order valence-electron chi connectivity index (χ1n) is 5.75.